The van der Waals surface area contributed by atoms with E-state index in [0.29, 0.717) is 19.0 Å². The van der Waals surface area contributed by atoms with Gasteiger partial charge < -0.3 is 15.4 Å². The summed E-state index contributed by atoms with van der Waals surface area (Å²) < 4.78 is 18.5. The molecule has 6 nitrogen and oxygen atoms in total. The number of nitrogens with zero attached hydrogens (tertiary/aromatic N) is 2. The molecular weight excluding hydrogens is 383 g/mol. The first-order chi connectivity index (χ1) is 14.6. The number of guanidine groups is 1. The van der Waals surface area contributed by atoms with Crippen LogP contribution in [-0.2, 0) is 16.1 Å². The molecule has 1 aliphatic heterocycles. The smallest absolute Gasteiger partial charge is 0.306 e. The van der Waals surface area contributed by atoms with Crippen LogP contribution < -0.4 is 10.6 Å². The summed E-state index contributed by atoms with van der Waals surface area (Å²) in [4.78, 5) is 18.6. The Morgan fingerprint density at radius 1 is 1.17 bits per heavy atom. The highest BCUT2D eigenvalue weighted by molar-refractivity contribution is 5.80. The number of nitrogens with one attached hydrogen (secondary N) is 2. The van der Waals surface area contributed by atoms with Crippen molar-refractivity contribution in [2.75, 3.05) is 26.7 Å². The van der Waals surface area contributed by atoms with E-state index in [1.807, 2.05) is 12.1 Å². The molecule has 1 saturated carbocycles. The van der Waals surface area contributed by atoms with Gasteiger partial charge in [0.2, 0.25) is 0 Å². The number of hydrogen-bond acceptors (Lipinski definition) is 4. The first-order valence-corrected chi connectivity index (χ1v) is 11.3. The molecular formula is C23H35FN4O2. The predicted molar refractivity (Wildman–Crippen MR) is 117 cm³/mol. The van der Waals surface area contributed by atoms with E-state index in [0.717, 1.165) is 63.3 Å². The fourth-order valence-corrected chi connectivity index (χ4v) is 4.16. The van der Waals surface area contributed by atoms with Gasteiger partial charge in [0.25, 0.3) is 0 Å². The lowest BCUT2D eigenvalue weighted by atomic mass is 10.0. The Morgan fingerprint density at radius 2 is 1.87 bits per heavy atom. The molecule has 1 aliphatic carbocycles. The van der Waals surface area contributed by atoms with E-state index in [2.05, 4.69) is 20.5 Å². The number of aliphatic imine (C=N–C) groups is 1. The average Bonchev–Trinajstić information content (AvgIpc) is 3.26. The number of likely N-dealkylation sites (tertiary alicyclic amines) is 1. The molecule has 2 fully saturated rings. The van der Waals surface area contributed by atoms with E-state index in [9.17, 15) is 9.18 Å². The summed E-state index contributed by atoms with van der Waals surface area (Å²) in [5, 5.41) is 6.79. The summed E-state index contributed by atoms with van der Waals surface area (Å²) in [6.45, 7) is 3.55. The quantitative estimate of drug-likeness (QED) is 0.294. The first-order valence-electron chi connectivity index (χ1n) is 11.3. The molecule has 166 valence electrons. The van der Waals surface area contributed by atoms with Crippen LogP contribution in [0.3, 0.4) is 0 Å². The number of carbonyl (C=O) groups excluding carboxylic acids is 1. The Hall–Kier alpha value is -2.15. The van der Waals surface area contributed by atoms with Crippen LogP contribution in [0.25, 0.3) is 0 Å². The zero-order valence-electron chi connectivity index (χ0n) is 18.0. The molecule has 3 rings (SSSR count). The molecule has 0 atom stereocenters. The highest BCUT2D eigenvalue weighted by Crippen LogP contribution is 2.21. The second kappa shape index (κ2) is 11.9. The third kappa shape index (κ3) is 7.59. The lowest BCUT2D eigenvalue weighted by Crippen LogP contribution is -2.48. The van der Waals surface area contributed by atoms with Crippen molar-refractivity contribution < 1.29 is 13.9 Å². The Labute approximate surface area is 179 Å². The normalized spacial score (nSPS) is 19.1. The number of carbonyl (C=O) groups is 1. The second-order valence-electron chi connectivity index (χ2n) is 8.32. The van der Waals surface area contributed by atoms with Crippen molar-refractivity contribution >= 4 is 11.9 Å². The maximum atomic E-state index is 13.0. The van der Waals surface area contributed by atoms with E-state index in [1.54, 1.807) is 7.05 Å². The van der Waals surface area contributed by atoms with Gasteiger partial charge in [-0.3, -0.25) is 14.7 Å². The van der Waals surface area contributed by atoms with Gasteiger partial charge in [-0.25, -0.2) is 4.39 Å². The van der Waals surface area contributed by atoms with Crippen molar-refractivity contribution in [3.8, 4) is 0 Å². The van der Waals surface area contributed by atoms with Gasteiger partial charge in [-0.2, -0.15) is 0 Å². The zero-order valence-corrected chi connectivity index (χ0v) is 18.0. The van der Waals surface area contributed by atoms with Crippen molar-refractivity contribution in [3.63, 3.8) is 0 Å². The van der Waals surface area contributed by atoms with Gasteiger partial charge in [-0.15, -0.1) is 0 Å². The van der Waals surface area contributed by atoms with Crippen LogP contribution in [0.2, 0.25) is 0 Å². The lowest BCUT2D eigenvalue weighted by molar-refractivity contribution is -0.148. The van der Waals surface area contributed by atoms with Crippen LogP contribution in [0.5, 0.6) is 0 Å². The summed E-state index contributed by atoms with van der Waals surface area (Å²) in [7, 11) is 1.77. The summed E-state index contributed by atoms with van der Waals surface area (Å²) >= 11 is 0. The van der Waals surface area contributed by atoms with Gasteiger partial charge in [-0.05, 0) is 62.6 Å². The largest absolute Gasteiger partial charge is 0.462 e. The monoisotopic (exact) mass is 418 g/mol. The van der Waals surface area contributed by atoms with Crippen LogP contribution in [0.1, 0.15) is 56.9 Å². The SMILES string of the molecule is CN=C(NCCCC(=O)OC1CCCC1)NC1CCN(Cc2ccc(F)cc2)CC1. The molecule has 2 aliphatic rings. The van der Waals surface area contributed by atoms with Crippen molar-refractivity contribution in [3.05, 3.63) is 35.6 Å². The number of esters is 1. The highest BCUT2D eigenvalue weighted by atomic mass is 19.1. The van der Waals surface area contributed by atoms with E-state index in [4.69, 9.17) is 4.74 Å². The Balaban J connectivity index is 1.28. The molecule has 0 radical (unpaired) electrons. The van der Waals surface area contributed by atoms with Gasteiger partial charge in [0.15, 0.2) is 5.96 Å². The van der Waals surface area contributed by atoms with Crippen LogP contribution in [-0.4, -0.2) is 55.7 Å². The Bertz CT molecular complexity index is 681. The third-order valence-electron chi connectivity index (χ3n) is 5.92. The maximum Gasteiger partial charge on any atom is 0.306 e. The first kappa shape index (κ1) is 22.5. The van der Waals surface area contributed by atoms with E-state index in [-0.39, 0.29) is 17.9 Å². The standard InChI is InChI=1S/C23H35FN4O2/c1-25-23(26-14-4-7-22(29)30-21-5-2-3-6-21)27-20-12-15-28(16-13-20)17-18-8-10-19(24)11-9-18/h8-11,20-21H,2-7,12-17H2,1H3,(H2,25,26,27). The fourth-order valence-electron chi connectivity index (χ4n) is 4.16. The van der Waals surface area contributed by atoms with Gasteiger partial charge in [0.1, 0.15) is 11.9 Å². The van der Waals surface area contributed by atoms with Gasteiger partial charge in [-0.1, -0.05) is 12.1 Å². The third-order valence-corrected chi connectivity index (χ3v) is 5.92. The molecule has 7 heteroatoms. The fraction of sp³-hybridized carbons (Fsp3) is 0.652. The maximum absolute atomic E-state index is 13.0. The number of piperidine rings is 1. The summed E-state index contributed by atoms with van der Waals surface area (Å²) in [6.07, 6.45) is 7.79. The average molecular weight is 419 g/mol. The zero-order chi connectivity index (χ0) is 21.2. The molecule has 1 aromatic carbocycles. The molecule has 0 spiro atoms. The highest BCUT2D eigenvalue weighted by Gasteiger charge is 2.21. The van der Waals surface area contributed by atoms with Gasteiger partial charge in [0, 0.05) is 45.7 Å². The number of halogens is 1. The molecule has 1 heterocycles. The number of rotatable bonds is 8. The Morgan fingerprint density at radius 3 is 2.53 bits per heavy atom. The van der Waals surface area contributed by atoms with Gasteiger partial charge in [0.05, 0.1) is 0 Å². The molecule has 0 unspecified atom stereocenters. The van der Waals surface area contributed by atoms with Crippen LogP contribution in [0.4, 0.5) is 4.39 Å². The van der Waals surface area contributed by atoms with Crippen molar-refractivity contribution in [2.45, 2.75) is 70.1 Å². The summed E-state index contributed by atoms with van der Waals surface area (Å²) in [6, 6.07) is 7.14. The molecule has 0 aromatic heterocycles. The summed E-state index contributed by atoms with van der Waals surface area (Å²) in [5.41, 5.74) is 1.15. The minimum atomic E-state index is -0.189. The minimum Gasteiger partial charge on any atom is -0.462 e. The van der Waals surface area contributed by atoms with Crippen LogP contribution in [0.15, 0.2) is 29.3 Å². The minimum absolute atomic E-state index is 0.0832. The van der Waals surface area contributed by atoms with E-state index in [1.165, 1.54) is 25.0 Å². The number of benzene rings is 1. The van der Waals surface area contributed by atoms with Crippen molar-refractivity contribution in [1.29, 1.82) is 0 Å². The molecule has 1 aromatic rings. The van der Waals surface area contributed by atoms with Crippen LogP contribution in [0, 0.1) is 5.82 Å². The topological polar surface area (TPSA) is 66.0 Å². The van der Waals surface area contributed by atoms with E-state index < -0.39 is 0 Å². The van der Waals surface area contributed by atoms with E-state index >= 15 is 0 Å². The molecule has 1 saturated heterocycles. The summed E-state index contributed by atoms with van der Waals surface area (Å²) in [5.74, 6) is 0.516. The molecule has 0 amide bonds. The lowest BCUT2D eigenvalue weighted by Gasteiger charge is -2.33. The number of hydrogen-bond donors (Lipinski definition) is 2. The van der Waals surface area contributed by atoms with Crippen LogP contribution >= 0.6 is 0 Å². The van der Waals surface area contributed by atoms with Gasteiger partial charge >= 0.3 is 5.97 Å². The molecule has 30 heavy (non-hydrogen) atoms. The number of ether oxygens (including phenoxy) is 1. The second-order valence-corrected chi connectivity index (χ2v) is 8.32. The predicted octanol–water partition coefficient (Wildman–Crippen LogP) is 3.22. The van der Waals surface area contributed by atoms with Crippen molar-refractivity contribution in [2.24, 2.45) is 4.99 Å². The Kier molecular flexibility index (Phi) is 8.93. The van der Waals surface area contributed by atoms with Crippen molar-refractivity contribution in [1.82, 2.24) is 15.5 Å². The molecule has 2 N–H and O–H groups in total. The molecule has 0 bridgehead atoms.